The molecule has 0 bridgehead atoms. The van der Waals surface area contributed by atoms with Gasteiger partial charge in [-0.25, -0.2) is 4.98 Å². The molecule has 1 heterocycles. The standard InChI is InChI=1S/C13H15NS3/c1-2-11-12(8-15)17-13(14-11)9-16-10-6-4-3-5-7-10/h3-7,15H,2,8-9H2,1H3. The zero-order valence-corrected chi connectivity index (χ0v) is 12.2. The average Bonchev–Trinajstić information content (AvgIpc) is 2.80. The first-order valence-corrected chi connectivity index (χ1v) is 8.03. The topological polar surface area (TPSA) is 12.9 Å². The van der Waals surface area contributed by atoms with Crippen LogP contribution in [0, 0.1) is 0 Å². The van der Waals surface area contributed by atoms with E-state index in [1.54, 1.807) is 11.3 Å². The van der Waals surface area contributed by atoms with Gasteiger partial charge in [0, 0.05) is 15.5 Å². The summed E-state index contributed by atoms with van der Waals surface area (Å²) in [5.74, 6) is 1.76. The molecule has 0 saturated heterocycles. The first-order valence-electron chi connectivity index (χ1n) is 5.59. The van der Waals surface area contributed by atoms with Gasteiger partial charge in [0.2, 0.25) is 0 Å². The molecule has 0 atom stereocenters. The van der Waals surface area contributed by atoms with Crippen LogP contribution in [0.2, 0.25) is 0 Å². The third kappa shape index (κ3) is 3.50. The van der Waals surface area contributed by atoms with Gasteiger partial charge in [0.25, 0.3) is 0 Å². The van der Waals surface area contributed by atoms with Crippen LogP contribution < -0.4 is 0 Å². The van der Waals surface area contributed by atoms with Crippen LogP contribution in [0.5, 0.6) is 0 Å². The number of hydrogen-bond donors (Lipinski definition) is 1. The van der Waals surface area contributed by atoms with Crippen LogP contribution in [-0.2, 0) is 17.9 Å². The van der Waals surface area contributed by atoms with Gasteiger partial charge in [-0.3, -0.25) is 0 Å². The molecule has 0 spiro atoms. The minimum atomic E-state index is 0.802. The van der Waals surface area contributed by atoms with E-state index in [4.69, 9.17) is 0 Å². The first-order chi connectivity index (χ1) is 8.33. The summed E-state index contributed by atoms with van der Waals surface area (Å²) in [5, 5.41) is 1.21. The maximum atomic E-state index is 4.66. The summed E-state index contributed by atoms with van der Waals surface area (Å²) in [6, 6.07) is 10.5. The van der Waals surface area contributed by atoms with Crippen molar-refractivity contribution < 1.29 is 0 Å². The second-order valence-electron chi connectivity index (χ2n) is 3.59. The second kappa shape index (κ2) is 6.47. The van der Waals surface area contributed by atoms with E-state index >= 15 is 0 Å². The molecule has 0 aliphatic rings. The fourth-order valence-electron chi connectivity index (χ4n) is 1.56. The summed E-state index contributed by atoms with van der Waals surface area (Å²) in [7, 11) is 0. The predicted octanol–water partition coefficient (Wildman–Crippen LogP) is 4.43. The molecule has 0 fully saturated rings. The third-order valence-corrected chi connectivity index (χ3v) is 5.24. The highest BCUT2D eigenvalue weighted by atomic mass is 32.2. The van der Waals surface area contributed by atoms with Crippen molar-refractivity contribution in [3.63, 3.8) is 0 Å². The van der Waals surface area contributed by atoms with Crippen molar-refractivity contribution in [1.82, 2.24) is 4.98 Å². The Morgan fingerprint density at radius 2 is 2.06 bits per heavy atom. The lowest BCUT2D eigenvalue weighted by molar-refractivity contribution is 1.02. The summed E-state index contributed by atoms with van der Waals surface area (Å²) in [4.78, 5) is 7.28. The summed E-state index contributed by atoms with van der Waals surface area (Å²) in [6.45, 7) is 2.15. The molecule has 0 aliphatic heterocycles. The van der Waals surface area contributed by atoms with Crippen molar-refractivity contribution in [3.8, 4) is 0 Å². The Balaban J connectivity index is 2.02. The lowest BCUT2D eigenvalue weighted by Gasteiger charge is -1.97. The Kier molecular flexibility index (Phi) is 4.95. The lowest BCUT2D eigenvalue weighted by Crippen LogP contribution is -1.85. The van der Waals surface area contributed by atoms with E-state index in [-0.39, 0.29) is 0 Å². The van der Waals surface area contributed by atoms with Crippen molar-refractivity contribution in [2.45, 2.75) is 29.7 Å². The van der Waals surface area contributed by atoms with Gasteiger partial charge < -0.3 is 0 Å². The lowest BCUT2D eigenvalue weighted by atomic mass is 10.3. The molecule has 0 N–H and O–H groups in total. The molecule has 1 aromatic carbocycles. The summed E-state index contributed by atoms with van der Waals surface area (Å²) in [6.07, 6.45) is 1.00. The molecule has 4 heteroatoms. The van der Waals surface area contributed by atoms with E-state index in [9.17, 15) is 0 Å². The van der Waals surface area contributed by atoms with Gasteiger partial charge in [0.1, 0.15) is 5.01 Å². The predicted molar refractivity (Wildman–Crippen MR) is 80.2 cm³/mol. The number of thioether (sulfide) groups is 1. The monoisotopic (exact) mass is 281 g/mol. The molecule has 0 unspecified atom stereocenters. The molecule has 2 aromatic rings. The van der Waals surface area contributed by atoms with Crippen LogP contribution >= 0.6 is 35.7 Å². The number of benzene rings is 1. The van der Waals surface area contributed by atoms with Gasteiger partial charge in [-0.05, 0) is 18.6 Å². The van der Waals surface area contributed by atoms with Gasteiger partial charge in [-0.1, -0.05) is 25.1 Å². The molecule has 1 nitrogen and oxygen atoms in total. The van der Waals surface area contributed by atoms with Crippen molar-refractivity contribution in [1.29, 1.82) is 0 Å². The van der Waals surface area contributed by atoms with E-state index in [1.165, 1.54) is 20.5 Å². The fraction of sp³-hybridized carbons (Fsp3) is 0.308. The summed E-state index contributed by atoms with van der Waals surface area (Å²) in [5.41, 5.74) is 1.22. The van der Waals surface area contributed by atoms with Crippen molar-refractivity contribution in [2.24, 2.45) is 0 Å². The van der Waals surface area contributed by atoms with Crippen LogP contribution in [0.4, 0.5) is 0 Å². The zero-order chi connectivity index (χ0) is 12.1. The Morgan fingerprint density at radius 3 is 2.65 bits per heavy atom. The maximum Gasteiger partial charge on any atom is 0.103 e. The van der Waals surface area contributed by atoms with Crippen LogP contribution in [0.1, 0.15) is 22.5 Å². The Morgan fingerprint density at radius 1 is 1.29 bits per heavy atom. The number of hydrogen-bond acceptors (Lipinski definition) is 4. The van der Waals surface area contributed by atoms with Crippen LogP contribution in [0.15, 0.2) is 35.2 Å². The number of aromatic nitrogens is 1. The Labute approximate surface area is 116 Å². The first kappa shape index (κ1) is 13.0. The number of aryl methyl sites for hydroxylation is 1. The highest BCUT2D eigenvalue weighted by Gasteiger charge is 2.08. The second-order valence-corrected chi connectivity index (χ2v) is 6.12. The van der Waals surface area contributed by atoms with Crippen molar-refractivity contribution in [3.05, 3.63) is 45.9 Å². The summed E-state index contributed by atoms with van der Waals surface area (Å²) < 4.78 is 0. The van der Waals surface area contributed by atoms with Crippen LogP contribution in [0.3, 0.4) is 0 Å². The number of rotatable bonds is 5. The van der Waals surface area contributed by atoms with E-state index in [1.807, 2.05) is 17.8 Å². The fourth-order valence-corrected chi connectivity index (χ4v) is 3.87. The molecule has 0 radical (unpaired) electrons. The molecule has 0 amide bonds. The van der Waals surface area contributed by atoms with E-state index in [2.05, 4.69) is 48.8 Å². The molecule has 1 aromatic heterocycles. The highest BCUT2D eigenvalue weighted by Crippen LogP contribution is 2.27. The molecular formula is C13H15NS3. The summed E-state index contributed by atoms with van der Waals surface area (Å²) >= 11 is 7.98. The van der Waals surface area contributed by atoms with Gasteiger partial charge in [0.15, 0.2) is 0 Å². The van der Waals surface area contributed by atoms with E-state index in [0.29, 0.717) is 0 Å². The minimum Gasteiger partial charge on any atom is -0.245 e. The highest BCUT2D eigenvalue weighted by molar-refractivity contribution is 7.98. The largest absolute Gasteiger partial charge is 0.245 e. The molecule has 90 valence electrons. The number of thiazole rings is 1. The number of nitrogens with zero attached hydrogens (tertiary/aromatic N) is 1. The molecule has 0 saturated carbocycles. The number of thiol groups is 1. The van der Waals surface area contributed by atoms with Gasteiger partial charge in [-0.15, -0.1) is 23.1 Å². The minimum absolute atomic E-state index is 0.802. The third-order valence-electron chi connectivity index (χ3n) is 2.41. The maximum absolute atomic E-state index is 4.66. The average molecular weight is 281 g/mol. The quantitative estimate of drug-likeness (QED) is 0.643. The van der Waals surface area contributed by atoms with E-state index in [0.717, 1.165) is 17.9 Å². The van der Waals surface area contributed by atoms with E-state index < -0.39 is 0 Å². The Bertz CT molecular complexity index is 443. The molecule has 2 rings (SSSR count). The van der Waals surface area contributed by atoms with Gasteiger partial charge in [0.05, 0.1) is 11.4 Å². The van der Waals surface area contributed by atoms with Crippen molar-refractivity contribution >= 4 is 35.7 Å². The van der Waals surface area contributed by atoms with Crippen molar-refractivity contribution in [2.75, 3.05) is 0 Å². The van der Waals surface area contributed by atoms with Gasteiger partial charge >= 0.3 is 0 Å². The molecule has 17 heavy (non-hydrogen) atoms. The SMILES string of the molecule is CCc1nc(CSc2ccccc2)sc1CS. The molecule has 0 aliphatic carbocycles. The van der Waals surface area contributed by atoms with Crippen LogP contribution in [0.25, 0.3) is 0 Å². The normalized spacial score (nSPS) is 10.7. The smallest absolute Gasteiger partial charge is 0.103 e. The zero-order valence-electron chi connectivity index (χ0n) is 9.72. The Hall–Kier alpha value is -0.450. The van der Waals surface area contributed by atoms with Gasteiger partial charge in [-0.2, -0.15) is 12.6 Å². The van der Waals surface area contributed by atoms with Crippen LogP contribution in [-0.4, -0.2) is 4.98 Å². The molecular weight excluding hydrogens is 266 g/mol.